The van der Waals surface area contributed by atoms with Crippen LogP contribution in [0.2, 0.25) is 0 Å². The Morgan fingerprint density at radius 3 is 2.53 bits per heavy atom. The first-order valence-corrected chi connectivity index (χ1v) is 6.72. The molecule has 80 valence electrons. The van der Waals surface area contributed by atoms with Gasteiger partial charge in [-0.1, -0.05) is 15.9 Å². The highest BCUT2D eigenvalue weighted by Gasteiger charge is 2.22. The van der Waals surface area contributed by atoms with E-state index in [-0.39, 0.29) is 16.2 Å². The molecule has 0 atom stereocenters. The zero-order chi connectivity index (χ0) is 11.6. The molecule has 0 aromatic heterocycles. The monoisotopic (exact) mass is 309 g/mol. The smallest absolute Gasteiger partial charge is 0.266 e. The van der Waals surface area contributed by atoms with E-state index in [1.807, 2.05) is 0 Å². The molecule has 15 heavy (non-hydrogen) atoms. The lowest BCUT2D eigenvalue weighted by Crippen LogP contribution is -1.99. The molecule has 1 aromatic carbocycles. The molecule has 0 radical (unpaired) electrons. The second-order valence-corrected chi connectivity index (χ2v) is 5.95. The van der Waals surface area contributed by atoms with E-state index in [0.29, 0.717) is 4.47 Å². The zero-order valence-electron chi connectivity index (χ0n) is 7.49. The van der Waals surface area contributed by atoms with Crippen LogP contribution in [0, 0.1) is 11.3 Å². The summed E-state index contributed by atoms with van der Waals surface area (Å²) < 4.78 is 27.8. The Morgan fingerprint density at radius 1 is 1.53 bits per heavy atom. The summed E-state index contributed by atoms with van der Waals surface area (Å²) in [5.74, 6) is 0.0379. The van der Waals surface area contributed by atoms with E-state index in [9.17, 15) is 8.42 Å². The van der Waals surface area contributed by atoms with Gasteiger partial charge < -0.3 is 4.74 Å². The number of methoxy groups -OCH3 is 1. The van der Waals surface area contributed by atoms with Crippen LogP contribution in [0.5, 0.6) is 5.75 Å². The van der Waals surface area contributed by atoms with Gasteiger partial charge in [0.1, 0.15) is 16.7 Å². The fourth-order valence-electron chi connectivity index (χ4n) is 1.05. The molecule has 0 aliphatic heterocycles. The standard InChI is InChI=1S/C8H5BrClNO3S/c1-14-7-3-6(9)2-5(4-11)8(7)15(10,12)13/h2-3H,1H3. The number of nitriles is 1. The van der Waals surface area contributed by atoms with Crippen LogP contribution < -0.4 is 4.74 Å². The third kappa shape index (κ3) is 2.62. The van der Waals surface area contributed by atoms with E-state index in [4.69, 9.17) is 20.7 Å². The first kappa shape index (κ1) is 12.3. The molecule has 1 aromatic rings. The van der Waals surface area contributed by atoms with Crippen LogP contribution >= 0.6 is 26.6 Å². The molecule has 0 saturated carbocycles. The number of hydrogen-bond acceptors (Lipinski definition) is 4. The van der Waals surface area contributed by atoms with Gasteiger partial charge in [-0.15, -0.1) is 0 Å². The summed E-state index contributed by atoms with van der Waals surface area (Å²) in [6, 6.07) is 4.53. The van der Waals surface area contributed by atoms with Crippen LogP contribution in [0.3, 0.4) is 0 Å². The zero-order valence-corrected chi connectivity index (χ0v) is 10.6. The fourth-order valence-corrected chi connectivity index (χ4v) is 2.72. The number of nitrogens with zero attached hydrogens (tertiary/aromatic N) is 1. The van der Waals surface area contributed by atoms with Crippen LogP contribution in [0.15, 0.2) is 21.5 Å². The van der Waals surface area contributed by atoms with Gasteiger partial charge >= 0.3 is 0 Å². The summed E-state index contributed by atoms with van der Waals surface area (Å²) in [6.45, 7) is 0. The average Bonchev–Trinajstić information content (AvgIpc) is 2.14. The molecule has 0 fully saturated rings. The van der Waals surface area contributed by atoms with Crippen molar-refractivity contribution in [2.45, 2.75) is 4.90 Å². The Bertz CT molecular complexity index is 536. The number of hydrogen-bond donors (Lipinski definition) is 0. The summed E-state index contributed by atoms with van der Waals surface area (Å²) in [4.78, 5) is -0.308. The van der Waals surface area contributed by atoms with Crippen molar-refractivity contribution in [2.75, 3.05) is 7.11 Å². The second kappa shape index (κ2) is 4.39. The highest BCUT2D eigenvalue weighted by Crippen LogP contribution is 2.33. The quantitative estimate of drug-likeness (QED) is 0.786. The summed E-state index contributed by atoms with van der Waals surface area (Å²) in [5, 5.41) is 8.78. The third-order valence-electron chi connectivity index (χ3n) is 1.60. The summed E-state index contributed by atoms with van der Waals surface area (Å²) in [5.41, 5.74) is -0.0591. The largest absolute Gasteiger partial charge is 0.495 e. The molecule has 0 unspecified atom stereocenters. The number of ether oxygens (including phenoxy) is 1. The molecule has 1 rings (SSSR count). The molecule has 0 saturated heterocycles. The SMILES string of the molecule is COc1cc(Br)cc(C#N)c1S(=O)(=O)Cl. The first-order valence-electron chi connectivity index (χ1n) is 3.62. The second-order valence-electron chi connectivity index (χ2n) is 2.53. The Labute approximate surface area is 100.0 Å². The minimum Gasteiger partial charge on any atom is -0.495 e. The van der Waals surface area contributed by atoms with E-state index >= 15 is 0 Å². The van der Waals surface area contributed by atoms with Crippen molar-refractivity contribution in [1.29, 1.82) is 5.26 Å². The normalized spacial score (nSPS) is 10.8. The van der Waals surface area contributed by atoms with Crippen LogP contribution in [0.1, 0.15) is 5.56 Å². The van der Waals surface area contributed by atoms with E-state index in [1.165, 1.54) is 19.2 Å². The topological polar surface area (TPSA) is 67.2 Å². The minimum atomic E-state index is -4.00. The van der Waals surface area contributed by atoms with Gasteiger partial charge in [-0.3, -0.25) is 0 Å². The lowest BCUT2D eigenvalue weighted by atomic mass is 10.2. The average molecular weight is 311 g/mol. The highest BCUT2D eigenvalue weighted by atomic mass is 79.9. The van der Waals surface area contributed by atoms with E-state index in [2.05, 4.69) is 15.9 Å². The van der Waals surface area contributed by atoms with Crippen molar-refractivity contribution < 1.29 is 13.2 Å². The van der Waals surface area contributed by atoms with E-state index in [0.717, 1.165) is 0 Å². The first-order chi connectivity index (χ1) is 6.90. The maximum atomic E-state index is 11.2. The molecular weight excluding hydrogens is 306 g/mol. The summed E-state index contributed by atoms with van der Waals surface area (Å²) >= 11 is 3.13. The summed E-state index contributed by atoms with van der Waals surface area (Å²) in [6.07, 6.45) is 0. The van der Waals surface area contributed by atoms with Gasteiger partial charge in [0.25, 0.3) is 9.05 Å². The van der Waals surface area contributed by atoms with Crippen LogP contribution in [0.4, 0.5) is 0 Å². The molecule has 0 heterocycles. The van der Waals surface area contributed by atoms with Crippen LogP contribution in [0.25, 0.3) is 0 Å². The molecule has 0 amide bonds. The van der Waals surface area contributed by atoms with Gasteiger partial charge in [-0.2, -0.15) is 5.26 Å². The van der Waals surface area contributed by atoms with E-state index < -0.39 is 9.05 Å². The molecule has 0 aliphatic rings. The van der Waals surface area contributed by atoms with Crippen molar-refractivity contribution >= 4 is 35.7 Å². The van der Waals surface area contributed by atoms with Gasteiger partial charge in [-0.25, -0.2) is 8.42 Å². The molecular formula is C8H5BrClNO3S. The molecule has 7 heteroatoms. The molecule has 0 bridgehead atoms. The Balaban J connectivity index is 3.69. The molecule has 0 aliphatic carbocycles. The van der Waals surface area contributed by atoms with Crippen molar-refractivity contribution in [3.8, 4) is 11.8 Å². The van der Waals surface area contributed by atoms with Crippen molar-refractivity contribution in [1.82, 2.24) is 0 Å². The Morgan fingerprint density at radius 2 is 2.13 bits per heavy atom. The molecule has 0 N–H and O–H groups in total. The Kier molecular flexibility index (Phi) is 3.60. The third-order valence-corrected chi connectivity index (χ3v) is 3.43. The lowest BCUT2D eigenvalue weighted by Gasteiger charge is -2.07. The van der Waals surface area contributed by atoms with Crippen molar-refractivity contribution in [2.24, 2.45) is 0 Å². The molecule has 4 nitrogen and oxygen atoms in total. The molecule has 0 spiro atoms. The maximum Gasteiger partial charge on any atom is 0.266 e. The van der Waals surface area contributed by atoms with Gasteiger partial charge in [0, 0.05) is 15.2 Å². The number of rotatable bonds is 2. The van der Waals surface area contributed by atoms with Crippen molar-refractivity contribution in [3.63, 3.8) is 0 Å². The van der Waals surface area contributed by atoms with E-state index in [1.54, 1.807) is 6.07 Å². The van der Waals surface area contributed by atoms with Gasteiger partial charge in [0.05, 0.1) is 12.7 Å². The lowest BCUT2D eigenvalue weighted by molar-refractivity contribution is 0.402. The number of benzene rings is 1. The van der Waals surface area contributed by atoms with Gasteiger partial charge in [0.15, 0.2) is 0 Å². The van der Waals surface area contributed by atoms with Gasteiger partial charge in [0.2, 0.25) is 0 Å². The fraction of sp³-hybridized carbons (Fsp3) is 0.125. The summed E-state index contributed by atoms with van der Waals surface area (Å²) in [7, 11) is 2.50. The van der Waals surface area contributed by atoms with Crippen LogP contribution in [-0.2, 0) is 9.05 Å². The highest BCUT2D eigenvalue weighted by molar-refractivity contribution is 9.10. The van der Waals surface area contributed by atoms with Crippen molar-refractivity contribution in [3.05, 3.63) is 22.2 Å². The number of halogens is 2. The Hall–Kier alpha value is -0.770. The van der Waals surface area contributed by atoms with Crippen LogP contribution in [-0.4, -0.2) is 15.5 Å². The predicted octanol–water partition coefficient (Wildman–Crippen LogP) is 2.26. The predicted molar refractivity (Wildman–Crippen MR) is 58.4 cm³/mol. The van der Waals surface area contributed by atoms with Gasteiger partial charge in [-0.05, 0) is 12.1 Å². The maximum absolute atomic E-state index is 11.2. The minimum absolute atomic E-state index is 0.0379.